The van der Waals surface area contributed by atoms with Gasteiger partial charge in [-0.3, -0.25) is 4.98 Å². The Morgan fingerprint density at radius 3 is 3.11 bits per heavy atom. The van der Waals surface area contributed by atoms with Crippen LogP contribution < -0.4 is 10.6 Å². The molecule has 1 atom stereocenters. The minimum Gasteiger partial charge on any atom is -0.367 e. The van der Waals surface area contributed by atoms with E-state index in [4.69, 9.17) is 0 Å². The second kappa shape index (κ2) is 5.14. The van der Waals surface area contributed by atoms with Crippen LogP contribution in [0.2, 0.25) is 0 Å². The van der Waals surface area contributed by atoms with Crippen molar-refractivity contribution >= 4 is 5.82 Å². The zero-order chi connectivity index (χ0) is 12.2. The highest BCUT2D eigenvalue weighted by molar-refractivity contribution is 5.36. The van der Waals surface area contributed by atoms with Crippen molar-refractivity contribution in [1.29, 1.82) is 0 Å². The number of nitrogens with one attached hydrogen (secondary N) is 2. The van der Waals surface area contributed by atoms with Crippen LogP contribution in [0.1, 0.15) is 17.2 Å². The van der Waals surface area contributed by atoms with Crippen LogP contribution in [0.5, 0.6) is 0 Å². The van der Waals surface area contributed by atoms with Crippen LogP contribution in [0.4, 0.5) is 5.82 Å². The Hall–Kier alpha value is -1.94. The van der Waals surface area contributed by atoms with Crippen LogP contribution in [0.15, 0.2) is 42.9 Å². The fraction of sp³-hybridized carbons (Fsp3) is 0.286. The Morgan fingerprint density at radius 2 is 2.22 bits per heavy atom. The number of nitrogens with zero attached hydrogens (tertiary/aromatic N) is 2. The molecule has 1 aliphatic heterocycles. The van der Waals surface area contributed by atoms with E-state index in [1.807, 2.05) is 0 Å². The molecule has 1 aromatic carbocycles. The number of rotatable bonds is 3. The van der Waals surface area contributed by atoms with Gasteiger partial charge < -0.3 is 10.6 Å². The van der Waals surface area contributed by atoms with Gasteiger partial charge in [0.2, 0.25) is 0 Å². The number of aromatic nitrogens is 2. The minimum absolute atomic E-state index is 0.344. The van der Waals surface area contributed by atoms with E-state index in [9.17, 15) is 0 Å². The lowest BCUT2D eigenvalue weighted by atomic mass is 9.94. The average molecular weight is 240 g/mol. The highest BCUT2D eigenvalue weighted by atomic mass is 15.0. The molecule has 0 spiro atoms. The summed E-state index contributed by atoms with van der Waals surface area (Å²) in [5.74, 6) is 0.822. The van der Waals surface area contributed by atoms with Crippen LogP contribution in [0.3, 0.4) is 0 Å². The molecule has 0 aliphatic carbocycles. The Balaban J connectivity index is 1.71. The average Bonchev–Trinajstić information content (AvgIpc) is 2.46. The van der Waals surface area contributed by atoms with E-state index in [2.05, 4.69) is 44.9 Å². The SMILES string of the molecule is c1ccc2c(c1)CCNC2CNc1cnccn1. The Labute approximate surface area is 106 Å². The van der Waals surface area contributed by atoms with Gasteiger partial charge in [-0.25, -0.2) is 4.98 Å². The summed E-state index contributed by atoms with van der Waals surface area (Å²) in [7, 11) is 0. The Bertz CT molecular complexity index is 512. The summed E-state index contributed by atoms with van der Waals surface area (Å²) in [6, 6.07) is 8.96. The zero-order valence-electron chi connectivity index (χ0n) is 10.1. The van der Waals surface area contributed by atoms with Gasteiger partial charge >= 0.3 is 0 Å². The van der Waals surface area contributed by atoms with E-state index in [1.165, 1.54) is 11.1 Å². The molecule has 0 radical (unpaired) electrons. The van der Waals surface area contributed by atoms with E-state index < -0.39 is 0 Å². The van der Waals surface area contributed by atoms with Crippen LogP contribution in [0, 0.1) is 0 Å². The van der Waals surface area contributed by atoms with Crippen molar-refractivity contribution in [3.05, 3.63) is 54.0 Å². The third kappa shape index (κ3) is 2.33. The molecule has 4 nitrogen and oxygen atoms in total. The maximum absolute atomic E-state index is 4.22. The normalized spacial score (nSPS) is 18.1. The maximum atomic E-state index is 4.22. The van der Waals surface area contributed by atoms with Crippen molar-refractivity contribution in [1.82, 2.24) is 15.3 Å². The highest BCUT2D eigenvalue weighted by Crippen LogP contribution is 2.22. The molecule has 2 N–H and O–H groups in total. The molecule has 2 aromatic rings. The number of benzene rings is 1. The van der Waals surface area contributed by atoms with Gasteiger partial charge in [-0.15, -0.1) is 0 Å². The molecule has 18 heavy (non-hydrogen) atoms. The standard InChI is InChI=1S/C14H16N4/c1-2-4-12-11(3-1)5-6-16-13(12)9-18-14-10-15-7-8-17-14/h1-4,7-8,10,13,16H,5-6,9H2,(H,17,18). The number of fused-ring (bicyclic) bond motifs is 1. The van der Waals surface area contributed by atoms with Crippen molar-refractivity contribution in [2.24, 2.45) is 0 Å². The van der Waals surface area contributed by atoms with Crippen LogP contribution in [-0.2, 0) is 6.42 Å². The predicted molar refractivity (Wildman–Crippen MR) is 71.4 cm³/mol. The van der Waals surface area contributed by atoms with Gasteiger partial charge in [-0.2, -0.15) is 0 Å². The number of hydrogen-bond donors (Lipinski definition) is 2. The van der Waals surface area contributed by atoms with Gasteiger partial charge in [-0.05, 0) is 24.1 Å². The van der Waals surface area contributed by atoms with Crippen molar-refractivity contribution in [2.75, 3.05) is 18.4 Å². The summed E-state index contributed by atoms with van der Waals surface area (Å²) in [6.07, 6.45) is 6.23. The fourth-order valence-electron chi connectivity index (χ4n) is 2.37. The van der Waals surface area contributed by atoms with Crippen molar-refractivity contribution < 1.29 is 0 Å². The first kappa shape index (κ1) is 11.2. The third-order valence-electron chi connectivity index (χ3n) is 3.27. The van der Waals surface area contributed by atoms with Gasteiger partial charge in [0.15, 0.2) is 0 Å². The molecule has 1 aromatic heterocycles. The lowest BCUT2D eigenvalue weighted by molar-refractivity contribution is 0.523. The predicted octanol–water partition coefficient (Wildman–Crippen LogP) is 1.78. The molecular weight excluding hydrogens is 224 g/mol. The van der Waals surface area contributed by atoms with Crippen molar-refractivity contribution in [3.63, 3.8) is 0 Å². The Morgan fingerprint density at radius 1 is 1.28 bits per heavy atom. The van der Waals surface area contributed by atoms with Gasteiger partial charge in [0, 0.05) is 25.0 Å². The second-order valence-electron chi connectivity index (χ2n) is 4.43. The molecule has 0 saturated heterocycles. The molecule has 4 heteroatoms. The summed E-state index contributed by atoms with van der Waals surface area (Å²) in [5, 5.41) is 6.85. The molecule has 3 rings (SSSR count). The molecule has 0 bridgehead atoms. The van der Waals surface area contributed by atoms with Crippen LogP contribution in [-0.4, -0.2) is 23.1 Å². The van der Waals surface area contributed by atoms with Crippen molar-refractivity contribution in [2.45, 2.75) is 12.5 Å². The molecule has 0 amide bonds. The molecule has 2 heterocycles. The van der Waals surface area contributed by atoms with E-state index in [-0.39, 0.29) is 0 Å². The summed E-state index contributed by atoms with van der Waals surface area (Å²) in [5.41, 5.74) is 2.84. The minimum atomic E-state index is 0.344. The number of hydrogen-bond acceptors (Lipinski definition) is 4. The maximum Gasteiger partial charge on any atom is 0.144 e. The van der Waals surface area contributed by atoms with Gasteiger partial charge in [0.05, 0.1) is 6.20 Å². The first-order chi connectivity index (χ1) is 8.93. The van der Waals surface area contributed by atoms with Gasteiger partial charge in [0.1, 0.15) is 5.82 Å². The summed E-state index contributed by atoms with van der Waals surface area (Å²) >= 11 is 0. The first-order valence-corrected chi connectivity index (χ1v) is 6.24. The monoisotopic (exact) mass is 240 g/mol. The van der Waals surface area contributed by atoms with Crippen LogP contribution >= 0.6 is 0 Å². The van der Waals surface area contributed by atoms with E-state index >= 15 is 0 Å². The molecule has 1 aliphatic rings. The smallest absolute Gasteiger partial charge is 0.144 e. The van der Waals surface area contributed by atoms with E-state index in [0.29, 0.717) is 6.04 Å². The lowest BCUT2D eigenvalue weighted by Gasteiger charge is -2.27. The quantitative estimate of drug-likeness (QED) is 0.858. The fourth-order valence-corrected chi connectivity index (χ4v) is 2.37. The largest absolute Gasteiger partial charge is 0.367 e. The molecular formula is C14H16N4. The van der Waals surface area contributed by atoms with Crippen LogP contribution in [0.25, 0.3) is 0 Å². The van der Waals surface area contributed by atoms with Gasteiger partial charge in [-0.1, -0.05) is 24.3 Å². The third-order valence-corrected chi connectivity index (χ3v) is 3.27. The van der Waals surface area contributed by atoms with Crippen molar-refractivity contribution in [3.8, 4) is 0 Å². The first-order valence-electron chi connectivity index (χ1n) is 6.24. The zero-order valence-corrected chi connectivity index (χ0v) is 10.1. The Kier molecular flexibility index (Phi) is 3.19. The topological polar surface area (TPSA) is 49.8 Å². The summed E-state index contributed by atoms with van der Waals surface area (Å²) in [6.45, 7) is 1.86. The van der Waals surface area contributed by atoms with Gasteiger partial charge in [0.25, 0.3) is 0 Å². The summed E-state index contributed by atoms with van der Waals surface area (Å²) < 4.78 is 0. The summed E-state index contributed by atoms with van der Waals surface area (Å²) in [4.78, 5) is 8.27. The molecule has 0 fully saturated rings. The highest BCUT2D eigenvalue weighted by Gasteiger charge is 2.18. The molecule has 0 saturated carbocycles. The molecule has 92 valence electrons. The van der Waals surface area contributed by atoms with E-state index in [0.717, 1.165) is 25.3 Å². The molecule has 1 unspecified atom stereocenters. The lowest BCUT2D eigenvalue weighted by Crippen LogP contribution is -2.34. The second-order valence-corrected chi connectivity index (χ2v) is 4.43. The van der Waals surface area contributed by atoms with E-state index in [1.54, 1.807) is 18.6 Å². The number of anilines is 1.